The third kappa shape index (κ3) is 4.41. The lowest BCUT2D eigenvalue weighted by molar-refractivity contribution is -0.384. The summed E-state index contributed by atoms with van der Waals surface area (Å²) in [7, 11) is 0. The molecular formula is C26H18ClN3O6S. The van der Waals surface area contributed by atoms with Crippen molar-refractivity contribution in [1.29, 1.82) is 0 Å². The van der Waals surface area contributed by atoms with E-state index in [1.807, 2.05) is 6.92 Å². The Morgan fingerprint density at radius 3 is 2.70 bits per heavy atom. The normalized spacial score (nSPS) is 16.9. The van der Waals surface area contributed by atoms with Gasteiger partial charge in [-0.2, -0.15) is 0 Å². The number of anilines is 1. The maximum atomic E-state index is 13.4. The minimum absolute atomic E-state index is 0.193. The first kappa shape index (κ1) is 24.4. The summed E-state index contributed by atoms with van der Waals surface area (Å²) in [6.07, 6.45) is 0. The minimum Gasteiger partial charge on any atom is -0.507 e. The van der Waals surface area contributed by atoms with Crippen molar-refractivity contribution in [3.05, 3.63) is 98.6 Å². The number of Topliss-reactive ketones (excluding diaryl/α,β-unsaturated/α-hetero) is 1. The highest BCUT2D eigenvalue weighted by atomic mass is 35.5. The number of non-ortho nitro benzene ring substituents is 1. The molecule has 1 N–H and O–H groups in total. The molecule has 1 atom stereocenters. The van der Waals surface area contributed by atoms with Crippen molar-refractivity contribution >= 4 is 61.4 Å². The predicted molar refractivity (Wildman–Crippen MR) is 140 cm³/mol. The second kappa shape index (κ2) is 9.64. The third-order valence-electron chi connectivity index (χ3n) is 5.80. The molecule has 1 saturated heterocycles. The molecule has 1 aliphatic rings. The Kier molecular flexibility index (Phi) is 6.36. The number of nitro benzene ring substituents is 1. The van der Waals surface area contributed by atoms with Gasteiger partial charge in [-0.05, 0) is 42.8 Å². The monoisotopic (exact) mass is 535 g/mol. The molecule has 0 saturated carbocycles. The van der Waals surface area contributed by atoms with Crippen molar-refractivity contribution in [3.8, 4) is 5.75 Å². The van der Waals surface area contributed by atoms with E-state index < -0.39 is 28.4 Å². The number of thiazole rings is 1. The van der Waals surface area contributed by atoms with Crippen LogP contribution in [0.5, 0.6) is 5.75 Å². The van der Waals surface area contributed by atoms with Crippen LogP contribution in [0.15, 0.2) is 72.3 Å². The summed E-state index contributed by atoms with van der Waals surface area (Å²) in [6, 6.07) is 16.0. The van der Waals surface area contributed by atoms with E-state index in [0.29, 0.717) is 27.6 Å². The summed E-state index contributed by atoms with van der Waals surface area (Å²) in [4.78, 5) is 43.4. The van der Waals surface area contributed by atoms with Gasteiger partial charge in [0, 0.05) is 22.7 Å². The molecule has 9 nitrogen and oxygen atoms in total. The number of hydrogen-bond donors (Lipinski definition) is 1. The van der Waals surface area contributed by atoms with E-state index in [0.717, 1.165) is 16.2 Å². The Hall–Kier alpha value is -4.28. The summed E-state index contributed by atoms with van der Waals surface area (Å²) in [6.45, 7) is 2.20. The number of amides is 1. The number of ketones is 1. The molecule has 11 heteroatoms. The summed E-state index contributed by atoms with van der Waals surface area (Å²) < 4.78 is 6.19. The number of aliphatic hydroxyl groups excluding tert-OH is 1. The zero-order valence-corrected chi connectivity index (χ0v) is 20.8. The molecule has 2 heterocycles. The molecule has 1 aliphatic heterocycles. The number of nitrogens with zero attached hydrogens (tertiary/aromatic N) is 3. The number of aromatic nitrogens is 1. The number of aliphatic hydroxyl groups is 1. The SMILES string of the molecule is CCOc1cccc(/C(O)=C2\C(=O)C(=O)N(c3nc4ccc(Cl)cc4s3)C2c2cccc([N+](=O)[O-])c2)c1. The van der Waals surface area contributed by atoms with E-state index in [2.05, 4.69) is 4.98 Å². The van der Waals surface area contributed by atoms with Crippen LogP contribution in [-0.2, 0) is 9.59 Å². The van der Waals surface area contributed by atoms with Crippen molar-refractivity contribution < 1.29 is 24.4 Å². The van der Waals surface area contributed by atoms with Gasteiger partial charge in [-0.25, -0.2) is 4.98 Å². The number of benzene rings is 3. The molecule has 1 aromatic heterocycles. The highest BCUT2D eigenvalue weighted by molar-refractivity contribution is 7.22. The molecule has 0 spiro atoms. The molecule has 1 amide bonds. The molecule has 1 fully saturated rings. The first-order valence-corrected chi connectivity index (χ1v) is 12.3. The van der Waals surface area contributed by atoms with E-state index in [-0.39, 0.29) is 27.5 Å². The molecule has 5 rings (SSSR count). The summed E-state index contributed by atoms with van der Waals surface area (Å²) in [5.41, 5.74) is 0.658. The summed E-state index contributed by atoms with van der Waals surface area (Å²) >= 11 is 7.25. The number of halogens is 1. The smallest absolute Gasteiger partial charge is 0.301 e. The number of nitro groups is 1. The molecule has 0 radical (unpaired) electrons. The third-order valence-corrected chi connectivity index (χ3v) is 7.06. The number of carbonyl (C=O) groups excluding carboxylic acids is 2. The van der Waals surface area contributed by atoms with Crippen LogP contribution < -0.4 is 9.64 Å². The standard InChI is InChI=1S/C26H18ClN3O6S/c1-2-36-18-8-4-6-15(12-18)23(31)21-22(14-5-3-7-17(11-14)30(34)35)29(25(33)24(21)32)26-28-19-10-9-16(27)13-20(19)37-26/h3-13,22,31H,2H2,1H3/b23-21+. The molecule has 1 unspecified atom stereocenters. The van der Waals surface area contributed by atoms with Crippen molar-refractivity contribution in [1.82, 2.24) is 4.98 Å². The molecule has 186 valence electrons. The minimum atomic E-state index is -1.16. The van der Waals surface area contributed by atoms with Gasteiger partial charge in [-0.3, -0.25) is 24.6 Å². The van der Waals surface area contributed by atoms with Crippen molar-refractivity contribution in [3.63, 3.8) is 0 Å². The summed E-state index contributed by atoms with van der Waals surface area (Å²) in [5.74, 6) is -1.81. The average molecular weight is 536 g/mol. The van der Waals surface area contributed by atoms with Gasteiger partial charge in [0.25, 0.3) is 11.5 Å². The van der Waals surface area contributed by atoms with Crippen molar-refractivity contribution in [2.45, 2.75) is 13.0 Å². The second-order valence-corrected chi connectivity index (χ2v) is 9.54. The Morgan fingerprint density at radius 2 is 1.95 bits per heavy atom. The highest BCUT2D eigenvalue weighted by Crippen LogP contribution is 2.45. The molecular weight excluding hydrogens is 518 g/mol. The zero-order valence-electron chi connectivity index (χ0n) is 19.3. The maximum absolute atomic E-state index is 13.4. The highest BCUT2D eigenvalue weighted by Gasteiger charge is 2.48. The first-order chi connectivity index (χ1) is 17.8. The van der Waals surface area contributed by atoms with Crippen LogP contribution in [0, 0.1) is 10.1 Å². The maximum Gasteiger partial charge on any atom is 0.301 e. The fourth-order valence-electron chi connectivity index (χ4n) is 4.20. The summed E-state index contributed by atoms with van der Waals surface area (Å²) in [5, 5.41) is 23.5. The number of ether oxygens (including phenoxy) is 1. The van der Waals surface area contributed by atoms with Gasteiger partial charge in [0.05, 0.1) is 33.4 Å². The van der Waals surface area contributed by atoms with E-state index in [4.69, 9.17) is 16.3 Å². The fourth-order valence-corrected chi connectivity index (χ4v) is 5.47. The second-order valence-electron chi connectivity index (χ2n) is 8.09. The lowest BCUT2D eigenvalue weighted by Crippen LogP contribution is -2.29. The topological polar surface area (TPSA) is 123 Å². The molecule has 4 aromatic rings. The lowest BCUT2D eigenvalue weighted by Gasteiger charge is -2.22. The Labute approximate surface area is 219 Å². The average Bonchev–Trinajstić information content (AvgIpc) is 3.41. The Bertz CT molecular complexity index is 1610. The van der Waals surface area contributed by atoms with Crippen LogP contribution in [0.4, 0.5) is 10.8 Å². The Balaban J connectivity index is 1.73. The van der Waals surface area contributed by atoms with Crippen LogP contribution in [0.2, 0.25) is 5.02 Å². The van der Waals surface area contributed by atoms with Gasteiger partial charge in [0.2, 0.25) is 0 Å². The number of fused-ring (bicyclic) bond motifs is 1. The van der Waals surface area contributed by atoms with Crippen molar-refractivity contribution in [2.24, 2.45) is 0 Å². The van der Waals surface area contributed by atoms with E-state index in [1.54, 1.807) is 48.5 Å². The van der Waals surface area contributed by atoms with Gasteiger partial charge in [-0.1, -0.05) is 47.2 Å². The lowest BCUT2D eigenvalue weighted by atomic mass is 9.95. The number of hydrogen-bond acceptors (Lipinski definition) is 8. The molecule has 37 heavy (non-hydrogen) atoms. The zero-order chi connectivity index (χ0) is 26.3. The first-order valence-electron chi connectivity index (χ1n) is 11.1. The van der Waals surface area contributed by atoms with Gasteiger partial charge in [0.1, 0.15) is 11.5 Å². The van der Waals surface area contributed by atoms with Crippen LogP contribution in [-0.4, -0.2) is 33.3 Å². The molecule has 3 aromatic carbocycles. The van der Waals surface area contributed by atoms with Crippen LogP contribution in [0.25, 0.3) is 16.0 Å². The van der Waals surface area contributed by atoms with Gasteiger partial charge < -0.3 is 9.84 Å². The van der Waals surface area contributed by atoms with E-state index >= 15 is 0 Å². The van der Waals surface area contributed by atoms with Crippen LogP contribution in [0.3, 0.4) is 0 Å². The van der Waals surface area contributed by atoms with Gasteiger partial charge in [-0.15, -0.1) is 0 Å². The Morgan fingerprint density at radius 1 is 1.16 bits per heavy atom. The fraction of sp³-hybridized carbons (Fsp3) is 0.115. The largest absolute Gasteiger partial charge is 0.507 e. The number of rotatable bonds is 6. The molecule has 0 aliphatic carbocycles. The van der Waals surface area contributed by atoms with Crippen LogP contribution >= 0.6 is 22.9 Å². The van der Waals surface area contributed by atoms with Gasteiger partial charge in [0.15, 0.2) is 5.13 Å². The quantitative estimate of drug-likeness (QED) is 0.107. The molecule has 0 bridgehead atoms. The number of carbonyl (C=O) groups is 2. The van der Waals surface area contributed by atoms with Crippen LogP contribution in [0.1, 0.15) is 24.1 Å². The van der Waals surface area contributed by atoms with Gasteiger partial charge >= 0.3 is 5.91 Å². The van der Waals surface area contributed by atoms with E-state index in [1.165, 1.54) is 18.2 Å². The predicted octanol–water partition coefficient (Wildman–Crippen LogP) is 5.88. The van der Waals surface area contributed by atoms with Crippen molar-refractivity contribution in [2.75, 3.05) is 11.5 Å². The van der Waals surface area contributed by atoms with E-state index in [9.17, 15) is 24.8 Å².